The van der Waals surface area contributed by atoms with E-state index in [0.29, 0.717) is 18.7 Å². The summed E-state index contributed by atoms with van der Waals surface area (Å²) < 4.78 is 10.9. The van der Waals surface area contributed by atoms with Crippen molar-refractivity contribution >= 4 is 6.03 Å². The molecular formula is C18H22N2O4. The molecule has 1 aromatic heterocycles. The third kappa shape index (κ3) is 4.08. The van der Waals surface area contributed by atoms with Crippen molar-refractivity contribution in [1.82, 2.24) is 10.6 Å². The van der Waals surface area contributed by atoms with Crippen LogP contribution in [0.3, 0.4) is 0 Å². The van der Waals surface area contributed by atoms with Crippen LogP contribution in [0.5, 0.6) is 5.75 Å². The van der Waals surface area contributed by atoms with Crippen LogP contribution < -0.4 is 15.4 Å². The van der Waals surface area contributed by atoms with Gasteiger partial charge in [-0.25, -0.2) is 4.79 Å². The third-order valence-corrected chi connectivity index (χ3v) is 4.03. The molecule has 0 fully saturated rings. The summed E-state index contributed by atoms with van der Waals surface area (Å²) in [6.07, 6.45) is 1.92. The first-order valence-electron chi connectivity index (χ1n) is 8.12. The molecule has 3 rings (SSSR count). The molecular weight excluding hydrogens is 308 g/mol. The summed E-state index contributed by atoms with van der Waals surface area (Å²) in [6.45, 7) is 2.28. The molecule has 1 aliphatic heterocycles. The summed E-state index contributed by atoms with van der Waals surface area (Å²) >= 11 is 0. The topological polar surface area (TPSA) is 83.7 Å². The Morgan fingerprint density at radius 2 is 2.17 bits per heavy atom. The Hall–Kier alpha value is -2.47. The van der Waals surface area contributed by atoms with Crippen LogP contribution in [0.15, 0.2) is 47.1 Å². The van der Waals surface area contributed by atoms with Crippen molar-refractivity contribution in [3.63, 3.8) is 0 Å². The van der Waals surface area contributed by atoms with Gasteiger partial charge in [-0.1, -0.05) is 18.2 Å². The second kappa shape index (κ2) is 7.40. The van der Waals surface area contributed by atoms with Gasteiger partial charge in [-0.2, -0.15) is 0 Å². The normalized spacial score (nSPS) is 18.3. The lowest BCUT2D eigenvalue weighted by atomic mass is 10.1. The van der Waals surface area contributed by atoms with Gasteiger partial charge in [-0.15, -0.1) is 0 Å². The molecule has 2 amide bonds. The van der Waals surface area contributed by atoms with E-state index in [4.69, 9.17) is 9.15 Å². The molecule has 1 aromatic carbocycles. The van der Waals surface area contributed by atoms with Crippen LogP contribution >= 0.6 is 0 Å². The molecule has 3 atom stereocenters. The molecule has 6 heteroatoms. The first kappa shape index (κ1) is 16.4. The SMILES string of the molecule is C[C@H](C[C@H](O)c1ccco1)NC(=O)NC[C@@H]1Cc2ccccc2O1. The van der Waals surface area contributed by atoms with Gasteiger partial charge in [0.05, 0.1) is 12.8 Å². The number of aliphatic hydroxyl groups is 1. The van der Waals surface area contributed by atoms with E-state index in [1.807, 2.05) is 31.2 Å². The molecule has 24 heavy (non-hydrogen) atoms. The van der Waals surface area contributed by atoms with E-state index in [2.05, 4.69) is 10.6 Å². The number of carbonyl (C=O) groups excluding carboxylic acids is 1. The van der Waals surface area contributed by atoms with Crippen molar-refractivity contribution in [2.75, 3.05) is 6.54 Å². The molecule has 0 aliphatic carbocycles. The van der Waals surface area contributed by atoms with E-state index in [0.717, 1.165) is 12.2 Å². The maximum absolute atomic E-state index is 12.0. The van der Waals surface area contributed by atoms with E-state index in [-0.39, 0.29) is 18.2 Å². The molecule has 1 aliphatic rings. The van der Waals surface area contributed by atoms with E-state index in [1.165, 1.54) is 11.8 Å². The standard InChI is InChI=1S/C18H22N2O4/c1-12(9-15(21)17-7-4-8-23-17)20-18(22)19-11-14-10-13-5-2-3-6-16(13)24-14/h2-8,12,14-15,21H,9-11H2,1H3,(H2,19,20,22)/t12-,14+,15+/m1/s1. The van der Waals surface area contributed by atoms with Gasteiger partial charge in [0.2, 0.25) is 0 Å². The van der Waals surface area contributed by atoms with Crippen LogP contribution in [-0.4, -0.2) is 29.8 Å². The molecule has 0 saturated carbocycles. The summed E-state index contributed by atoms with van der Waals surface area (Å²) in [6, 6.07) is 10.9. The fourth-order valence-electron chi connectivity index (χ4n) is 2.84. The van der Waals surface area contributed by atoms with Crippen LogP contribution in [0.25, 0.3) is 0 Å². The molecule has 3 N–H and O–H groups in total. The first-order valence-corrected chi connectivity index (χ1v) is 8.12. The number of amides is 2. The molecule has 0 unspecified atom stereocenters. The Morgan fingerprint density at radius 3 is 2.92 bits per heavy atom. The largest absolute Gasteiger partial charge is 0.488 e. The highest BCUT2D eigenvalue weighted by Crippen LogP contribution is 2.27. The minimum Gasteiger partial charge on any atom is -0.488 e. The number of urea groups is 1. The Bertz CT molecular complexity index is 646. The Balaban J connectivity index is 1.38. The van der Waals surface area contributed by atoms with Crippen molar-refractivity contribution in [1.29, 1.82) is 0 Å². The number of para-hydroxylation sites is 1. The number of carbonyl (C=O) groups is 1. The Labute approximate surface area is 140 Å². The van der Waals surface area contributed by atoms with E-state index >= 15 is 0 Å². The maximum Gasteiger partial charge on any atom is 0.315 e. The van der Waals surface area contributed by atoms with Crippen LogP contribution in [0.4, 0.5) is 4.79 Å². The van der Waals surface area contributed by atoms with Crippen molar-refractivity contribution in [3.8, 4) is 5.75 Å². The lowest BCUT2D eigenvalue weighted by molar-refractivity contribution is 0.129. The second-order valence-electron chi connectivity index (χ2n) is 6.07. The number of hydrogen-bond donors (Lipinski definition) is 3. The van der Waals surface area contributed by atoms with Gasteiger partial charge in [0.15, 0.2) is 0 Å². The Kier molecular flexibility index (Phi) is 5.05. The summed E-state index contributed by atoms with van der Waals surface area (Å²) in [5, 5.41) is 15.6. The number of nitrogens with one attached hydrogen (secondary N) is 2. The highest BCUT2D eigenvalue weighted by Gasteiger charge is 2.23. The lowest BCUT2D eigenvalue weighted by Gasteiger charge is -2.18. The Morgan fingerprint density at radius 1 is 1.33 bits per heavy atom. The average Bonchev–Trinajstić information content (AvgIpc) is 3.21. The van der Waals surface area contributed by atoms with Crippen molar-refractivity contribution in [2.24, 2.45) is 0 Å². The number of fused-ring (bicyclic) bond motifs is 1. The van der Waals surface area contributed by atoms with Gasteiger partial charge in [0.25, 0.3) is 0 Å². The van der Waals surface area contributed by atoms with E-state index in [9.17, 15) is 9.90 Å². The lowest BCUT2D eigenvalue weighted by Crippen LogP contribution is -2.44. The maximum atomic E-state index is 12.0. The van der Waals surface area contributed by atoms with E-state index in [1.54, 1.807) is 12.1 Å². The van der Waals surface area contributed by atoms with Crippen molar-refractivity contribution in [2.45, 2.75) is 38.0 Å². The van der Waals surface area contributed by atoms with Crippen molar-refractivity contribution < 1.29 is 19.1 Å². The molecule has 128 valence electrons. The third-order valence-electron chi connectivity index (χ3n) is 4.03. The van der Waals surface area contributed by atoms with Gasteiger partial charge >= 0.3 is 6.03 Å². The van der Waals surface area contributed by atoms with Gasteiger partial charge in [-0.3, -0.25) is 0 Å². The fraction of sp³-hybridized carbons (Fsp3) is 0.389. The van der Waals surface area contributed by atoms with E-state index < -0.39 is 6.10 Å². The fourth-order valence-corrected chi connectivity index (χ4v) is 2.84. The number of benzene rings is 1. The minimum absolute atomic E-state index is 0.0443. The summed E-state index contributed by atoms with van der Waals surface area (Å²) in [5.41, 5.74) is 1.17. The number of furan rings is 1. The number of aliphatic hydroxyl groups excluding tert-OH is 1. The van der Waals surface area contributed by atoms with Crippen molar-refractivity contribution in [3.05, 3.63) is 54.0 Å². The van der Waals surface area contributed by atoms with Gasteiger partial charge in [0, 0.05) is 18.9 Å². The quantitative estimate of drug-likeness (QED) is 0.759. The molecule has 2 heterocycles. The van der Waals surface area contributed by atoms with Crippen LogP contribution in [0.1, 0.15) is 30.8 Å². The zero-order valence-electron chi connectivity index (χ0n) is 13.6. The van der Waals surface area contributed by atoms with Gasteiger partial charge in [0.1, 0.15) is 23.7 Å². The smallest absolute Gasteiger partial charge is 0.315 e. The molecule has 0 spiro atoms. The second-order valence-corrected chi connectivity index (χ2v) is 6.07. The summed E-state index contributed by atoms with van der Waals surface area (Å²) in [4.78, 5) is 12.0. The average molecular weight is 330 g/mol. The van der Waals surface area contributed by atoms with Gasteiger partial charge in [-0.05, 0) is 30.7 Å². The number of hydrogen-bond acceptors (Lipinski definition) is 4. The number of rotatable bonds is 6. The first-order chi connectivity index (χ1) is 11.6. The highest BCUT2D eigenvalue weighted by molar-refractivity contribution is 5.74. The highest BCUT2D eigenvalue weighted by atomic mass is 16.5. The van der Waals surface area contributed by atoms with Crippen LogP contribution in [0.2, 0.25) is 0 Å². The summed E-state index contributed by atoms with van der Waals surface area (Å²) in [5.74, 6) is 1.39. The number of ether oxygens (including phenoxy) is 1. The zero-order chi connectivity index (χ0) is 16.9. The molecule has 2 aromatic rings. The molecule has 0 saturated heterocycles. The molecule has 0 radical (unpaired) electrons. The van der Waals surface area contributed by atoms with Gasteiger partial charge < -0.3 is 24.9 Å². The zero-order valence-corrected chi connectivity index (χ0v) is 13.6. The molecule has 6 nitrogen and oxygen atoms in total. The monoisotopic (exact) mass is 330 g/mol. The predicted molar refractivity (Wildman–Crippen MR) is 88.8 cm³/mol. The minimum atomic E-state index is -0.733. The molecule has 0 bridgehead atoms. The summed E-state index contributed by atoms with van der Waals surface area (Å²) in [7, 11) is 0. The van der Waals surface area contributed by atoms with Crippen LogP contribution in [-0.2, 0) is 6.42 Å². The predicted octanol–water partition coefficient (Wildman–Crippen LogP) is 2.39. The van der Waals surface area contributed by atoms with Crippen LogP contribution in [0, 0.1) is 0 Å².